The minimum Gasteiger partial charge on any atom is -0.497 e. The lowest BCUT2D eigenvalue weighted by Gasteiger charge is -2.10. The van der Waals surface area contributed by atoms with Gasteiger partial charge in [0, 0.05) is 40.7 Å². The van der Waals surface area contributed by atoms with E-state index in [9.17, 15) is 0 Å². The van der Waals surface area contributed by atoms with Gasteiger partial charge in [-0.3, -0.25) is 0 Å². The number of nitrogens with one attached hydrogen (secondary N) is 1. The Morgan fingerprint density at radius 3 is 2.69 bits per heavy atom. The van der Waals surface area contributed by atoms with Crippen LogP contribution < -0.4 is 4.74 Å². The van der Waals surface area contributed by atoms with Crippen molar-refractivity contribution in [1.82, 2.24) is 19.4 Å². The highest BCUT2D eigenvalue weighted by Crippen LogP contribution is 2.31. The molecule has 0 saturated carbocycles. The Morgan fingerprint density at radius 2 is 1.85 bits per heavy atom. The van der Waals surface area contributed by atoms with Crippen LogP contribution in [0.3, 0.4) is 0 Å². The molecule has 0 aliphatic carbocycles. The fourth-order valence-corrected chi connectivity index (χ4v) is 3.29. The first-order valence-corrected chi connectivity index (χ1v) is 8.35. The van der Waals surface area contributed by atoms with E-state index in [1.807, 2.05) is 43.1 Å². The number of H-pyrrole nitrogens is 1. The van der Waals surface area contributed by atoms with Gasteiger partial charge in [0.25, 0.3) is 0 Å². The average Bonchev–Trinajstić information content (AvgIpc) is 3.35. The van der Waals surface area contributed by atoms with Crippen LogP contribution in [0, 0.1) is 0 Å². The van der Waals surface area contributed by atoms with Gasteiger partial charge in [0.2, 0.25) is 0 Å². The summed E-state index contributed by atoms with van der Waals surface area (Å²) in [6.45, 7) is 0. The summed E-state index contributed by atoms with van der Waals surface area (Å²) >= 11 is 0. The van der Waals surface area contributed by atoms with Gasteiger partial charge in [-0.1, -0.05) is 12.1 Å². The van der Waals surface area contributed by atoms with Gasteiger partial charge in [-0.05, 0) is 35.9 Å². The molecule has 4 heterocycles. The molecule has 0 aliphatic heterocycles. The molecule has 0 saturated heterocycles. The molecule has 0 amide bonds. The van der Waals surface area contributed by atoms with Gasteiger partial charge in [-0.15, -0.1) is 0 Å². The summed E-state index contributed by atoms with van der Waals surface area (Å²) < 4.78 is 7.33. The largest absolute Gasteiger partial charge is 0.497 e. The smallest absolute Gasteiger partial charge is 0.137 e. The Morgan fingerprint density at radius 1 is 0.962 bits per heavy atom. The SMILES string of the molecule is COc1ccc(-c2cc(-c3cnc4[nH]ccc4c3)cn3cncc23)cc1. The quantitative estimate of drug-likeness (QED) is 0.524. The molecule has 26 heavy (non-hydrogen) atoms. The summed E-state index contributed by atoms with van der Waals surface area (Å²) in [5.74, 6) is 0.844. The topological polar surface area (TPSA) is 55.2 Å². The molecule has 5 rings (SSSR count). The second kappa shape index (κ2) is 5.74. The van der Waals surface area contributed by atoms with Crippen molar-refractivity contribution in [2.75, 3.05) is 7.11 Å². The van der Waals surface area contributed by atoms with E-state index in [-0.39, 0.29) is 0 Å². The molecule has 5 aromatic rings. The Kier molecular flexibility index (Phi) is 3.25. The average molecular weight is 340 g/mol. The highest BCUT2D eigenvalue weighted by molar-refractivity contribution is 5.86. The number of aromatic amines is 1. The lowest BCUT2D eigenvalue weighted by atomic mass is 10.0. The standard InChI is InChI=1S/C21H16N4O/c1-26-18-4-2-14(3-5-18)19-9-17(12-25-13-22-11-20(19)25)16-8-15-6-7-23-21(15)24-10-16/h2-13H,1H3,(H,23,24). The van der Waals surface area contributed by atoms with E-state index >= 15 is 0 Å². The van der Waals surface area contributed by atoms with Gasteiger partial charge in [-0.2, -0.15) is 0 Å². The third-order valence-electron chi connectivity index (χ3n) is 4.65. The number of rotatable bonds is 3. The van der Waals surface area contributed by atoms with E-state index in [1.165, 1.54) is 0 Å². The van der Waals surface area contributed by atoms with Crippen LogP contribution in [0.2, 0.25) is 0 Å². The predicted octanol–water partition coefficient (Wildman–Crippen LogP) is 4.55. The Balaban J connectivity index is 1.71. The lowest BCUT2D eigenvalue weighted by molar-refractivity contribution is 0.415. The van der Waals surface area contributed by atoms with Gasteiger partial charge in [-0.25, -0.2) is 9.97 Å². The fourth-order valence-electron chi connectivity index (χ4n) is 3.29. The van der Waals surface area contributed by atoms with Crippen molar-refractivity contribution in [3.63, 3.8) is 0 Å². The molecule has 126 valence electrons. The molecule has 0 bridgehead atoms. The van der Waals surface area contributed by atoms with Gasteiger partial charge >= 0.3 is 0 Å². The zero-order chi connectivity index (χ0) is 17.5. The maximum absolute atomic E-state index is 5.28. The van der Waals surface area contributed by atoms with Crippen molar-refractivity contribution in [2.45, 2.75) is 0 Å². The third kappa shape index (κ3) is 2.33. The first-order valence-electron chi connectivity index (χ1n) is 8.35. The minimum atomic E-state index is 0.844. The molecular weight excluding hydrogens is 324 g/mol. The number of nitrogens with zero attached hydrogens (tertiary/aromatic N) is 3. The summed E-state index contributed by atoms with van der Waals surface area (Å²) in [7, 11) is 1.68. The van der Waals surface area contributed by atoms with Crippen LogP contribution in [-0.2, 0) is 0 Å². The first kappa shape index (κ1) is 14.7. The van der Waals surface area contributed by atoms with Crippen LogP contribution in [0.15, 0.2) is 73.6 Å². The summed E-state index contributed by atoms with van der Waals surface area (Å²) in [6, 6.07) is 14.5. The molecule has 0 atom stereocenters. The highest BCUT2D eigenvalue weighted by atomic mass is 16.5. The molecule has 0 aliphatic rings. The van der Waals surface area contributed by atoms with Gasteiger partial charge in [0.1, 0.15) is 11.4 Å². The molecule has 0 fully saturated rings. The van der Waals surface area contributed by atoms with Crippen LogP contribution in [0.4, 0.5) is 0 Å². The molecule has 1 aromatic carbocycles. The molecule has 5 heteroatoms. The van der Waals surface area contributed by atoms with E-state index in [4.69, 9.17) is 4.74 Å². The van der Waals surface area contributed by atoms with Crippen molar-refractivity contribution in [3.05, 3.63) is 73.6 Å². The maximum Gasteiger partial charge on any atom is 0.137 e. The minimum absolute atomic E-state index is 0.844. The van der Waals surface area contributed by atoms with Gasteiger partial charge < -0.3 is 14.1 Å². The normalized spacial score (nSPS) is 11.3. The van der Waals surface area contributed by atoms with E-state index < -0.39 is 0 Å². The zero-order valence-corrected chi connectivity index (χ0v) is 14.2. The van der Waals surface area contributed by atoms with E-state index in [0.717, 1.165) is 44.6 Å². The van der Waals surface area contributed by atoms with Crippen LogP contribution >= 0.6 is 0 Å². The summed E-state index contributed by atoms with van der Waals surface area (Å²) in [5, 5.41) is 1.10. The predicted molar refractivity (Wildman–Crippen MR) is 102 cm³/mol. The van der Waals surface area contributed by atoms with Crippen LogP contribution in [0.5, 0.6) is 5.75 Å². The van der Waals surface area contributed by atoms with Crippen molar-refractivity contribution in [1.29, 1.82) is 0 Å². The molecular formula is C21H16N4O. The van der Waals surface area contributed by atoms with Crippen molar-refractivity contribution >= 4 is 16.6 Å². The van der Waals surface area contributed by atoms with Crippen LogP contribution in [-0.4, -0.2) is 26.5 Å². The number of methoxy groups -OCH3 is 1. The van der Waals surface area contributed by atoms with Crippen LogP contribution in [0.1, 0.15) is 0 Å². The number of hydrogen-bond acceptors (Lipinski definition) is 3. The summed E-state index contributed by atoms with van der Waals surface area (Å²) in [5.41, 5.74) is 6.37. The van der Waals surface area contributed by atoms with Gasteiger partial charge in [0.05, 0.1) is 25.2 Å². The lowest BCUT2D eigenvalue weighted by Crippen LogP contribution is -1.91. The Labute approximate surface area is 149 Å². The second-order valence-electron chi connectivity index (χ2n) is 6.20. The Bertz CT molecular complexity index is 1220. The number of fused-ring (bicyclic) bond motifs is 2. The van der Waals surface area contributed by atoms with E-state index in [2.05, 4.69) is 49.8 Å². The number of pyridine rings is 2. The van der Waals surface area contributed by atoms with E-state index in [1.54, 1.807) is 7.11 Å². The number of aromatic nitrogens is 4. The molecule has 0 unspecified atom stereocenters. The summed E-state index contributed by atoms with van der Waals surface area (Å²) in [4.78, 5) is 12.0. The van der Waals surface area contributed by atoms with E-state index in [0.29, 0.717) is 0 Å². The maximum atomic E-state index is 5.28. The molecule has 1 N–H and O–H groups in total. The third-order valence-corrected chi connectivity index (χ3v) is 4.65. The second-order valence-corrected chi connectivity index (χ2v) is 6.20. The molecule has 4 aromatic heterocycles. The van der Waals surface area contributed by atoms with Gasteiger partial charge in [0.15, 0.2) is 0 Å². The first-order chi connectivity index (χ1) is 12.8. The zero-order valence-electron chi connectivity index (χ0n) is 14.2. The monoisotopic (exact) mass is 340 g/mol. The summed E-state index contributed by atoms with van der Waals surface area (Å²) in [6.07, 6.45) is 9.61. The molecule has 0 radical (unpaired) electrons. The number of benzene rings is 1. The number of ether oxygens (including phenoxy) is 1. The Hall–Kier alpha value is -3.60. The highest BCUT2D eigenvalue weighted by Gasteiger charge is 2.10. The number of imidazole rings is 1. The van der Waals surface area contributed by atoms with Crippen molar-refractivity contribution < 1.29 is 4.74 Å². The molecule has 5 nitrogen and oxygen atoms in total. The van der Waals surface area contributed by atoms with Crippen molar-refractivity contribution in [2.24, 2.45) is 0 Å². The van der Waals surface area contributed by atoms with Crippen molar-refractivity contribution in [3.8, 4) is 28.0 Å². The number of hydrogen-bond donors (Lipinski definition) is 1. The fraction of sp³-hybridized carbons (Fsp3) is 0.0476. The van der Waals surface area contributed by atoms with Crippen LogP contribution in [0.25, 0.3) is 38.8 Å². The molecule has 0 spiro atoms.